The van der Waals surface area contributed by atoms with Crippen molar-refractivity contribution in [2.24, 2.45) is 11.3 Å². The van der Waals surface area contributed by atoms with Gasteiger partial charge in [-0.05, 0) is 11.8 Å². The number of carbonyl (C=O) groups excluding carboxylic acids is 1. The molecule has 0 radical (unpaired) electrons. The van der Waals surface area contributed by atoms with Crippen LogP contribution >= 0.6 is 0 Å². The third-order valence-electron chi connectivity index (χ3n) is 2.42. The molecular formula is C11H19NO4. The van der Waals surface area contributed by atoms with Gasteiger partial charge in [-0.1, -0.05) is 20.8 Å². The molecule has 0 spiro atoms. The number of hydrogen-bond acceptors (Lipinski definition) is 3. The molecule has 0 aliphatic carbocycles. The number of carbonyl (C=O) groups is 2. The van der Waals surface area contributed by atoms with Gasteiger partial charge in [-0.25, -0.2) is 4.79 Å². The summed E-state index contributed by atoms with van der Waals surface area (Å²) in [7, 11) is 0. The Morgan fingerprint density at radius 3 is 2.50 bits per heavy atom. The molecule has 0 aromatic carbocycles. The SMILES string of the molecule is CC(C)(C)COC(=O)N1CCC(C(=O)O)C1. The molecule has 1 unspecified atom stereocenters. The Balaban J connectivity index is 2.37. The fourth-order valence-electron chi connectivity index (χ4n) is 1.50. The number of aliphatic carboxylic acids is 1. The summed E-state index contributed by atoms with van der Waals surface area (Å²) in [6.07, 6.45) is 0.110. The van der Waals surface area contributed by atoms with E-state index < -0.39 is 18.0 Å². The van der Waals surface area contributed by atoms with Gasteiger partial charge in [0, 0.05) is 13.1 Å². The molecule has 0 aromatic heterocycles. The number of carboxylic acid groups (broad SMARTS) is 1. The molecule has 92 valence electrons. The van der Waals surface area contributed by atoms with Gasteiger partial charge in [-0.15, -0.1) is 0 Å². The van der Waals surface area contributed by atoms with Crippen LogP contribution in [0.3, 0.4) is 0 Å². The van der Waals surface area contributed by atoms with E-state index in [0.717, 1.165) is 0 Å². The largest absolute Gasteiger partial charge is 0.481 e. The van der Waals surface area contributed by atoms with Gasteiger partial charge in [0.05, 0.1) is 12.5 Å². The Kier molecular flexibility index (Phi) is 3.78. The van der Waals surface area contributed by atoms with E-state index in [-0.39, 0.29) is 12.0 Å². The van der Waals surface area contributed by atoms with Crippen LogP contribution in [0, 0.1) is 11.3 Å². The highest BCUT2D eigenvalue weighted by atomic mass is 16.6. The van der Waals surface area contributed by atoms with Gasteiger partial charge in [0.1, 0.15) is 0 Å². The lowest BCUT2D eigenvalue weighted by Crippen LogP contribution is -2.32. The van der Waals surface area contributed by atoms with E-state index in [1.165, 1.54) is 4.90 Å². The fraction of sp³-hybridized carbons (Fsp3) is 0.818. The van der Waals surface area contributed by atoms with Crippen LogP contribution in [0.1, 0.15) is 27.2 Å². The zero-order valence-corrected chi connectivity index (χ0v) is 10.0. The second kappa shape index (κ2) is 4.72. The van der Waals surface area contributed by atoms with Gasteiger partial charge in [-0.2, -0.15) is 0 Å². The minimum absolute atomic E-state index is 0.0679. The number of nitrogens with zero attached hydrogens (tertiary/aromatic N) is 1. The highest BCUT2D eigenvalue weighted by molar-refractivity contribution is 5.74. The smallest absolute Gasteiger partial charge is 0.409 e. The minimum Gasteiger partial charge on any atom is -0.481 e. The van der Waals surface area contributed by atoms with Crippen LogP contribution in [0.5, 0.6) is 0 Å². The average Bonchev–Trinajstić information content (AvgIpc) is 2.61. The predicted octanol–water partition coefficient (Wildman–Crippen LogP) is 1.58. The van der Waals surface area contributed by atoms with Crippen LogP contribution in [-0.4, -0.2) is 41.8 Å². The molecular weight excluding hydrogens is 210 g/mol. The lowest BCUT2D eigenvalue weighted by Gasteiger charge is -2.21. The Hall–Kier alpha value is -1.26. The van der Waals surface area contributed by atoms with Crippen molar-refractivity contribution in [2.45, 2.75) is 27.2 Å². The summed E-state index contributed by atoms with van der Waals surface area (Å²) < 4.78 is 5.11. The number of hydrogen-bond donors (Lipinski definition) is 1. The van der Waals surface area contributed by atoms with Crippen molar-refractivity contribution in [1.82, 2.24) is 4.90 Å². The van der Waals surface area contributed by atoms with Crippen molar-refractivity contribution >= 4 is 12.1 Å². The monoisotopic (exact) mass is 229 g/mol. The first kappa shape index (κ1) is 12.8. The highest BCUT2D eigenvalue weighted by Gasteiger charge is 2.32. The number of likely N-dealkylation sites (tertiary alicyclic amines) is 1. The quantitative estimate of drug-likeness (QED) is 0.780. The van der Waals surface area contributed by atoms with Gasteiger partial charge in [0.25, 0.3) is 0 Å². The summed E-state index contributed by atoms with van der Waals surface area (Å²) >= 11 is 0. The third-order valence-corrected chi connectivity index (χ3v) is 2.42. The Bertz CT molecular complexity index is 282. The van der Waals surface area contributed by atoms with Crippen LogP contribution in [0.25, 0.3) is 0 Å². The van der Waals surface area contributed by atoms with E-state index in [0.29, 0.717) is 19.6 Å². The van der Waals surface area contributed by atoms with Crippen LogP contribution in [0.2, 0.25) is 0 Å². The predicted molar refractivity (Wildman–Crippen MR) is 58.1 cm³/mol. The van der Waals surface area contributed by atoms with Crippen LogP contribution in [0.15, 0.2) is 0 Å². The van der Waals surface area contributed by atoms with Crippen LogP contribution < -0.4 is 0 Å². The molecule has 1 fully saturated rings. The van der Waals surface area contributed by atoms with Crippen molar-refractivity contribution in [3.05, 3.63) is 0 Å². The van der Waals surface area contributed by atoms with Crippen molar-refractivity contribution in [3.63, 3.8) is 0 Å². The first-order chi connectivity index (χ1) is 7.29. The Labute approximate surface area is 95.4 Å². The standard InChI is InChI=1S/C11H19NO4/c1-11(2,3)7-16-10(15)12-5-4-8(6-12)9(13)14/h8H,4-7H2,1-3H3,(H,13,14). The van der Waals surface area contributed by atoms with Crippen molar-refractivity contribution in [1.29, 1.82) is 0 Å². The van der Waals surface area contributed by atoms with Gasteiger partial charge < -0.3 is 14.7 Å². The lowest BCUT2D eigenvalue weighted by molar-refractivity contribution is -0.141. The zero-order valence-electron chi connectivity index (χ0n) is 10.0. The summed E-state index contributed by atoms with van der Waals surface area (Å²) in [4.78, 5) is 23.7. The topological polar surface area (TPSA) is 66.8 Å². The normalized spacial score (nSPS) is 20.9. The van der Waals surface area contributed by atoms with E-state index in [1.807, 2.05) is 20.8 Å². The third kappa shape index (κ3) is 3.72. The zero-order chi connectivity index (χ0) is 12.3. The number of ether oxygens (including phenoxy) is 1. The molecule has 1 N–H and O–H groups in total. The minimum atomic E-state index is -0.842. The first-order valence-electron chi connectivity index (χ1n) is 5.44. The van der Waals surface area contributed by atoms with Gasteiger partial charge >= 0.3 is 12.1 Å². The summed E-state index contributed by atoms with van der Waals surface area (Å²) in [5.74, 6) is -1.28. The molecule has 1 saturated heterocycles. The van der Waals surface area contributed by atoms with E-state index in [2.05, 4.69) is 0 Å². The molecule has 1 atom stereocenters. The van der Waals surface area contributed by atoms with Crippen LogP contribution in [-0.2, 0) is 9.53 Å². The van der Waals surface area contributed by atoms with Gasteiger partial charge in [0.2, 0.25) is 0 Å². The molecule has 0 bridgehead atoms. The summed E-state index contributed by atoms with van der Waals surface area (Å²) in [5, 5.41) is 8.79. The van der Waals surface area contributed by atoms with Gasteiger partial charge in [0.15, 0.2) is 0 Å². The second-order valence-electron chi connectivity index (χ2n) is 5.39. The molecule has 5 heteroatoms. The molecule has 1 aliphatic heterocycles. The van der Waals surface area contributed by atoms with Crippen LogP contribution in [0.4, 0.5) is 4.79 Å². The number of carboxylic acids is 1. The van der Waals surface area contributed by atoms with E-state index in [1.54, 1.807) is 0 Å². The highest BCUT2D eigenvalue weighted by Crippen LogP contribution is 2.19. The maximum Gasteiger partial charge on any atom is 0.409 e. The molecule has 1 heterocycles. The Morgan fingerprint density at radius 2 is 2.06 bits per heavy atom. The second-order valence-corrected chi connectivity index (χ2v) is 5.39. The summed E-state index contributed by atoms with van der Waals surface area (Å²) in [6.45, 7) is 7.01. The molecule has 0 aromatic rings. The molecule has 1 aliphatic rings. The number of amides is 1. The molecule has 0 saturated carbocycles. The summed E-state index contributed by atoms with van der Waals surface area (Å²) in [5.41, 5.74) is -0.0679. The maximum absolute atomic E-state index is 11.6. The first-order valence-corrected chi connectivity index (χ1v) is 5.44. The van der Waals surface area contributed by atoms with Crippen molar-refractivity contribution in [2.75, 3.05) is 19.7 Å². The van der Waals surface area contributed by atoms with E-state index >= 15 is 0 Å². The van der Waals surface area contributed by atoms with Crippen molar-refractivity contribution < 1.29 is 19.4 Å². The molecule has 16 heavy (non-hydrogen) atoms. The fourth-order valence-corrected chi connectivity index (χ4v) is 1.50. The molecule has 1 amide bonds. The lowest BCUT2D eigenvalue weighted by atomic mass is 9.99. The maximum atomic E-state index is 11.6. The summed E-state index contributed by atoms with van der Waals surface area (Å²) in [6, 6.07) is 0. The van der Waals surface area contributed by atoms with E-state index in [9.17, 15) is 9.59 Å². The number of rotatable bonds is 2. The molecule has 1 rings (SSSR count). The molecule has 5 nitrogen and oxygen atoms in total. The average molecular weight is 229 g/mol. The van der Waals surface area contributed by atoms with Gasteiger partial charge in [-0.3, -0.25) is 4.79 Å². The van der Waals surface area contributed by atoms with E-state index in [4.69, 9.17) is 9.84 Å². The van der Waals surface area contributed by atoms with Crippen molar-refractivity contribution in [3.8, 4) is 0 Å². The Morgan fingerprint density at radius 1 is 1.44 bits per heavy atom.